The number of aromatic amines is 1. The summed E-state index contributed by atoms with van der Waals surface area (Å²) in [5.74, 6) is 0.781. The minimum Gasteiger partial charge on any atom is -0.462 e. The third-order valence-electron chi connectivity index (χ3n) is 7.92. The van der Waals surface area contributed by atoms with Gasteiger partial charge in [0.1, 0.15) is 27.8 Å². The molecule has 13 heteroatoms. The van der Waals surface area contributed by atoms with E-state index in [9.17, 15) is 9.59 Å². The van der Waals surface area contributed by atoms with Gasteiger partial charge in [-0.1, -0.05) is 41.5 Å². The first-order valence-corrected chi connectivity index (χ1v) is 15.5. The Morgan fingerprint density at radius 3 is 2.46 bits per heavy atom. The normalized spacial score (nSPS) is 20.0. The number of aryl methyl sites for hydroxylation is 1. The van der Waals surface area contributed by atoms with E-state index in [1.54, 1.807) is 26.2 Å². The number of ether oxygens (including phenoxy) is 1. The van der Waals surface area contributed by atoms with E-state index in [0.29, 0.717) is 57.2 Å². The van der Waals surface area contributed by atoms with Crippen LogP contribution in [0.5, 0.6) is 0 Å². The summed E-state index contributed by atoms with van der Waals surface area (Å²) in [5.41, 5.74) is 2.10. The molecule has 2 atom stereocenters. The maximum Gasteiger partial charge on any atom is 0.350 e. The van der Waals surface area contributed by atoms with Crippen molar-refractivity contribution in [2.45, 2.75) is 33.6 Å². The number of piperidine rings is 1. The number of esters is 1. The molecular weight excluding hydrogens is 585 g/mol. The van der Waals surface area contributed by atoms with Crippen molar-refractivity contribution in [2.75, 3.05) is 62.7 Å². The zero-order valence-electron chi connectivity index (χ0n) is 23.7. The molecule has 0 bridgehead atoms. The van der Waals surface area contributed by atoms with Crippen molar-refractivity contribution in [3.63, 3.8) is 0 Å². The first kappa shape index (κ1) is 29.8. The molecule has 2 saturated heterocycles. The van der Waals surface area contributed by atoms with E-state index in [-0.39, 0.29) is 24.2 Å². The number of hydrogen-bond acceptors (Lipinski definition) is 10. The van der Waals surface area contributed by atoms with Gasteiger partial charge in [-0.25, -0.2) is 19.7 Å². The summed E-state index contributed by atoms with van der Waals surface area (Å²) in [6.45, 7) is 11.2. The molecule has 41 heavy (non-hydrogen) atoms. The van der Waals surface area contributed by atoms with Crippen molar-refractivity contribution in [1.82, 2.24) is 24.8 Å². The summed E-state index contributed by atoms with van der Waals surface area (Å²) < 4.78 is 5.35. The summed E-state index contributed by atoms with van der Waals surface area (Å²) in [7, 11) is 2.11. The van der Waals surface area contributed by atoms with Gasteiger partial charge in [-0.3, -0.25) is 4.79 Å². The number of Topliss-reactive ketones (excluding diaryl/α,β-unsaturated/α-hetero) is 1. The van der Waals surface area contributed by atoms with Crippen molar-refractivity contribution >= 4 is 57.2 Å². The average molecular weight is 621 g/mol. The van der Waals surface area contributed by atoms with Crippen LogP contribution < -0.4 is 9.80 Å². The molecule has 2 fully saturated rings. The van der Waals surface area contributed by atoms with Gasteiger partial charge >= 0.3 is 5.97 Å². The lowest BCUT2D eigenvalue weighted by Gasteiger charge is -2.36. The van der Waals surface area contributed by atoms with Gasteiger partial charge < -0.3 is 24.4 Å². The lowest BCUT2D eigenvalue weighted by Crippen LogP contribution is -2.44. The minimum atomic E-state index is -0.415. The highest BCUT2D eigenvalue weighted by Gasteiger charge is 2.32. The molecule has 0 unspecified atom stereocenters. The zero-order chi connectivity index (χ0) is 29.3. The predicted octanol–water partition coefficient (Wildman–Crippen LogP) is 5.21. The van der Waals surface area contributed by atoms with E-state index in [4.69, 9.17) is 32.9 Å². The summed E-state index contributed by atoms with van der Waals surface area (Å²) in [5, 5.41) is 1.42. The smallest absolute Gasteiger partial charge is 0.350 e. The van der Waals surface area contributed by atoms with Gasteiger partial charge in [0.05, 0.1) is 29.0 Å². The van der Waals surface area contributed by atoms with Crippen LogP contribution in [-0.2, 0) is 4.74 Å². The number of halogens is 2. The van der Waals surface area contributed by atoms with Crippen LogP contribution in [0.15, 0.2) is 12.4 Å². The highest BCUT2D eigenvalue weighted by molar-refractivity contribution is 7.17. The van der Waals surface area contributed by atoms with Crippen LogP contribution in [0.25, 0.3) is 11.4 Å². The molecule has 0 aliphatic carbocycles. The van der Waals surface area contributed by atoms with Gasteiger partial charge in [0.2, 0.25) is 0 Å². The molecule has 1 N–H and O–H groups in total. The number of thiazole rings is 1. The van der Waals surface area contributed by atoms with Gasteiger partial charge in [0.25, 0.3) is 0 Å². The van der Waals surface area contributed by atoms with Crippen molar-refractivity contribution in [3.8, 4) is 11.4 Å². The van der Waals surface area contributed by atoms with Crippen molar-refractivity contribution in [3.05, 3.63) is 38.7 Å². The minimum absolute atomic E-state index is 0.0324. The first-order chi connectivity index (χ1) is 19.7. The van der Waals surface area contributed by atoms with Gasteiger partial charge in [-0.15, -0.1) is 0 Å². The van der Waals surface area contributed by atoms with Crippen molar-refractivity contribution < 1.29 is 14.3 Å². The molecule has 0 radical (unpaired) electrons. The van der Waals surface area contributed by atoms with E-state index in [0.717, 1.165) is 43.5 Å². The lowest BCUT2D eigenvalue weighted by molar-refractivity contribution is 0.0532. The molecule has 5 rings (SSSR count). The Balaban J connectivity index is 1.31. The molecule has 0 amide bonds. The number of anilines is 2. The fraction of sp³-hybridized carbons (Fsp3) is 0.536. The van der Waals surface area contributed by atoms with Gasteiger partial charge in [-0.05, 0) is 39.2 Å². The van der Waals surface area contributed by atoms with Crippen LogP contribution in [-0.4, -0.2) is 89.5 Å². The van der Waals surface area contributed by atoms with Crippen LogP contribution >= 0.6 is 34.5 Å². The maximum atomic E-state index is 13.0. The number of nitrogens with one attached hydrogen (secondary N) is 1. The molecular formula is C28H35Cl2N7O3S. The van der Waals surface area contributed by atoms with Gasteiger partial charge in [0.15, 0.2) is 10.9 Å². The maximum absolute atomic E-state index is 13.0. The summed E-state index contributed by atoms with van der Waals surface area (Å²) in [4.78, 5) is 50.2. The number of carbonyl (C=O) groups excluding carboxylic acids is 2. The number of hydrogen-bond donors (Lipinski definition) is 1. The van der Waals surface area contributed by atoms with Gasteiger partial charge in [0, 0.05) is 51.4 Å². The molecule has 3 aromatic heterocycles. The van der Waals surface area contributed by atoms with Crippen LogP contribution in [0.1, 0.15) is 52.5 Å². The van der Waals surface area contributed by atoms with E-state index >= 15 is 0 Å². The second kappa shape index (κ2) is 12.6. The highest BCUT2D eigenvalue weighted by atomic mass is 35.5. The number of aromatic nitrogens is 4. The summed E-state index contributed by atoms with van der Waals surface area (Å²) in [6, 6.07) is 0. The van der Waals surface area contributed by atoms with Crippen molar-refractivity contribution in [1.29, 1.82) is 0 Å². The van der Waals surface area contributed by atoms with Crippen LogP contribution in [0.2, 0.25) is 10.0 Å². The Morgan fingerprint density at radius 2 is 1.85 bits per heavy atom. The Labute approximate surface area is 254 Å². The molecule has 3 aromatic rings. The van der Waals surface area contributed by atoms with Crippen LogP contribution in [0.4, 0.5) is 10.9 Å². The molecule has 5 heterocycles. The molecule has 2 aliphatic heterocycles. The predicted molar refractivity (Wildman–Crippen MR) is 163 cm³/mol. The Kier molecular flexibility index (Phi) is 9.18. The third-order valence-corrected chi connectivity index (χ3v) is 9.96. The molecule has 220 valence electrons. The second-order valence-corrected chi connectivity index (χ2v) is 12.5. The lowest BCUT2D eigenvalue weighted by atomic mass is 9.83. The molecule has 0 aromatic carbocycles. The Morgan fingerprint density at radius 1 is 1.10 bits per heavy atom. The molecule has 10 nitrogen and oxygen atoms in total. The Bertz CT molecular complexity index is 1400. The highest BCUT2D eigenvalue weighted by Crippen LogP contribution is 2.38. The first-order valence-electron chi connectivity index (χ1n) is 13.9. The van der Waals surface area contributed by atoms with E-state index in [2.05, 4.69) is 43.6 Å². The van der Waals surface area contributed by atoms with E-state index in [1.165, 1.54) is 11.3 Å². The SMILES string of the molecule is CCOC(=O)c1sc(N2CC[C@@H](CC(=O)c3[nH]c(C)c(Cl)c3Cl)[C@@H](C)C2)nc1-c1cnc(N2CCN(C)CC2)cn1. The number of likely N-dealkylation sites (N-methyl/N-ethyl adjacent to an activating group) is 1. The number of H-pyrrole nitrogens is 1. The fourth-order valence-corrected chi connectivity index (χ4v) is 6.81. The average Bonchev–Trinajstić information content (AvgIpc) is 3.52. The zero-order valence-corrected chi connectivity index (χ0v) is 26.1. The number of carbonyl (C=O) groups is 2. The van der Waals surface area contributed by atoms with Crippen molar-refractivity contribution in [2.24, 2.45) is 11.8 Å². The molecule has 0 spiro atoms. The van der Waals surface area contributed by atoms with E-state index in [1.807, 2.05) is 0 Å². The van der Waals surface area contributed by atoms with Crippen LogP contribution in [0, 0.1) is 18.8 Å². The standard InChI is InChI=1S/C28H35Cl2N7O3S/c1-5-40-27(39)26-24(19-13-32-21(14-31-19)36-10-8-35(4)9-11-36)34-28(41-26)37-7-6-18(16(2)15-37)12-20(38)25-23(30)22(29)17(3)33-25/h13-14,16,18,33H,5-12,15H2,1-4H3/t16-,18-/m0/s1. The molecule has 0 saturated carbocycles. The second-order valence-electron chi connectivity index (χ2n) is 10.8. The largest absolute Gasteiger partial charge is 0.462 e. The number of rotatable bonds is 8. The number of piperazine rings is 1. The third kappa shape index (κ3) is 6.38. The number of nitrogens with zero attached hydrogens (tertiary/aromatic N) is 6. The fourth-order valence-electron chi connectivity index (χ4n) is 5.37. The Hall–Kier alpha value is -2.73. The van der Waals surface area contributed by atoms with E-state index < -0.39 is 5.97 Å². The summed E-state index contributed by atoms with van der Waals surface area (Å²) in [6.07, 6.45) is 4.64. The quantitative estimate of drug-likeness (QED) is 0.268. The molecule has 2 aliphatic rings. The van der Waals surface area contributed by atoms with Gasteiger partial charge in [-0.2, -0.15) is 0 Å². The monoisotopic (exact) mass is 619 g/mol. The topological polar surface area (TPSA) is 108 Å². The summed E-state index contributed by atoms with van der Waals surface area (Å²) >= 11 is 13.8. The van der Waals surface area contributed by atoms with Crippen LogP contribution in [0.3, 0.4) is 0 Å². The number of ketones is 1.